The summed E-state index contributed by atoms with van der Waals surface area (Å²) >= 11 is 3.06. The average Bonchev–Trinajstić information content (AvgIpc) is 2.83. The minimum absolute atomic E-state index is 0.581. The van der Waals surface area contributed by atoms with Crippen molar-refractivity contribution < 1.29 is 4.42 Å². The minimum atomic E-state index is 0.581. The van der Waals surface area contributed by atoms with E-state index in [1.165, 1.54) is 11.3 Å². The fourth-order valence-electron chi connectivity index (χ4n) is 0.961. The lowest BCUT2D eigenvalue weighted by molar-refractivity contribution is 0.470. The van der Waals surface area contributed by atoms with Gasteiger partial charge in [0.25, 0.3) is 0 Å². The molecule has 0 saturated heterocycles. The monoisotopic (exact) mass is 242 g/mol. The van der Waals surface area contributed by atoms with Gasteiger partial charge in [0.15, 0.2) is 5.13 Å². The van der Waals surface area contributed by atoms with Gasteiger partial charge in [-0.15, -0.1) is 22.0 Å². The molecule has 2 N–H and O–H groups in total. The van der Waals surface area contributed by atoms with Crippen LogP contribution in [0.2, 0.25) is 0 Å². The van der Waals surface area contributed by atoms with Crippen LogP contribution < -0.4 is 5.73 Å². The van der Waals surface area contributed by atoms with Gasteiger partial charge >= 0.3 is 0 Å². The Bertz CT molecular complexity index is 439. The molecule has 2 heterocycles. The maximum absolute atomic E-state index is 5.52. The van der Waals surface area contributed by atoms with E-state index in [1.54, 1.807) is 18.0 Å². The molecule has 80 valence electrons. The van der Waals surface area contributed by atoms with Crippen molar-refractivity contribution in [2.45, 2.75) is 23.3 Å². The molecule has 0 atom stereocenters. The van der Waals surface area contributed by atoms with Gasteiger partial charge in [-0.25, -0.2) is 4.98 Å². The zero-order valence-corrected chi connectivity index (χ0v) is 9.77. The number of aromatic nitrogens is 3. The molecule has 0 aliphatic rings. The van der Waals surface area contributed by atoms with E-state index < -0.39 is 0 Å². The van der Waals surface area contributed by atoms with Gasteiger partial charge in [0.05, 0.1) is 16.2 Å². The van der Waals surface area contributed by atoms with Crippen LogP contribution >= 0.6 is 23.1 Å². The number of anilines is 1. The molecule has 0 amide bonds. The Morgan fingerprint density at radius 3 is 2.87 bits per heavy atom. The van der Waals surface area contributed by atoms with Gasteiger partial charge in [0, 0.05) is 6.42 Å². The molecule has 2 aromatic rings. The van der Waals surface area contributed by atoms with E-state index in [1.807, 2.05) is 6.92 Å². The molecular weight excluding hydrogens is 232 g/mol. The van der Waals surface area contributed by atoms with Gasteiger partial charge in [0.1, 0.15) is 0 Å². The van der Waals surface area contributed by atoms with E-state index in [9.17, 15) is 0 Å². The first-order valence-electron chi connectivity index (χ1n) is 4.43. The Morgan fingerprint density at radius 2 is 2.27 bits per heavy atom. The summed E-state index contributed by atoms with van der Waals surface area (Å²) in [5.41, 5.74) is 5.52. The molecule has 0 bridgehead atoms. The number of hydrogen-bond acceptors (Lipinski definition) is 7. The number of rotatable bonds is 4. The van der Waals surface area contributed by atoms with Crippen LogP contribution in [-0.4, -0.2) is 15.2 Å². The van der Waals surface area contributed by atoms with Crippen molar-refractivity contribution in [3.63, 3.8) is 0 Å². The number of nitrogen functional groups attached to an aromatic ring is 1. The first-order chi connectivity index (χ1) is 7.28. The van der Waals surface area contributed by atoms with Crippen LogP contribution in [0.15, 0.2) is 14.8 Å². The molecule has 0 fully saturated rings. The number of nitrogens with two attached hydrogens (primary N) is 1. The SMILES string of the molecule is CCc1nnc(CSc2cnc(N)s2)o1. The van der Waals surface area contributed by atoms with Gasteiger partial charge < -0.3 is 10.2 Å². The quantitative estimate of drug-likeness (QED) is 0.826. The van der Waals surface area contributed by atoms with Crippen molar-refractivity contribution in [3.05, 3.63) is 18.0 Å². The van der Waals surface area contributed by atoms with Crippen LogP contribution in [0.4, 0.5) is 5.13 Å². The van der Waals surface area contributed by atoms with Gasteiger partial charge in [-0.3, -0.25) is 0 Å². The molecule has 0 aromatic carbocycles. The van der Waals surface area contributed by atoms with Gasteiger partial charge in [0.2, 0.25) is 11.8 Å². The second-order valence-corrected chi connectivity index (χ2v) is 5.09. The van der Waals surface area contributed by atoms with Crippen LogP contribution in [0, 0.1) is 0 Å². The van der Waals surface area contributed by atoms with Crippen LogP contribution in [-0.2, 0) is 12.2 Å². The summed E-state index contributed by atoms with van der Waals surface area (Å²) in [5.74, 6) is 1.98. The Balaban J connectivity index is 1.93. The van der Waals surface area contributed by atoms with Crippen molar-refractivity contribution in [1.82, 2.24) is 15.2 Å². The Hall–Kier alpha value is -1.08. The predicted molar refractivity (Wildman–Crippen MR) is 59.8 cm³/mol. The standard InChI is InChI=1S/C8H10N4OS2/c1-2-5-11-12-6(13-5)4-14-7-3-10-8(9)15-7/h3H,2,4H2,1H3,(H2,9,10). The maximum Gasteiger partial charge on any atom is 0.226 e. The topological polar surface area (TPSA) is 77.8 Å². The number of hydrogen-bond donors (Lipinski definition) is 1. The molecule has 5 nitrogen and oxygen atoms in total. The fourth-order valence-corrected chi connectivity index (χ4v) is 2.56. The highest BCUT2D eigenvalue weighted by Crippen LogP contribution is 2.28. The van der Waals surface area contributed by atoms with E-state index >= 15 is 0 Å². The minimum Gasteiger partial charge on any atom is -0.424 e. The van der Waals surface area contributed by atoms with Gasteiger partial charge in [-0.05, 0) is 0 Å². The number of aryl methyl sites for hydroxylation is 1. The molecule has 0 aliphatic heterocycles. The van der Waals surface area contributed by atoms with E-state index in [2.05, 4.69) is 15.2 Å². The Morgan fingerprint density at radius 1 is 1.47 bits per heavy atom. The summed E-state index contributed by atoms with van der Waals surface area (Å²) in [6.07, 6.45) is 2.52. The molecule has 7 heteroatoms. The third-order valence-corrected chi connectivity index (χ3v) is 3.66. The first-order valence-corrected chi connectivity index (χ1v) is 6.23. The number of thioether (sulfide) groups is 1. The Labute approximate surface area is 95.1 Å². The second-order valence-electron chi connectivity index (χ2n) is 2.75. The van der Waals surface area contributed by atoms with Crippen molar-refractivity contribution in [2.75, 3.05) is 5.73 Å². The van der Waals surface area contributed by atoms with Crippen molar-refractivity contribution in [1.29, 1.82) is 0 Å². The lowest BCUT2D eigenvalue weighted by Crippen LogP contribution is -1.78. The van der Waals surface area contributed by atoms with Crippen LogP contribution in [0.3, 0.4) is 0 Å². The zero-order valence-electron chi connectivity index (χ0n) is 8.14. The normalized spacial score (nSPS) is 10.7. The molecule has 2 rings (SSSR count). The van der Waals surface area contributed by atoms with Crippen molar-refractivity contribution >= 4 is 28.2 Å². The summed E-state index contributed by atoms with van der Waals surface area (Å²) in [4.78, 5) is 3.96. The summed E-state index contributed by atoms with van der Waals surface area (Å²) < 4.78 is 6.43. The second kappa shape index (κ2) is 4.63. The van der Waals surface area contributed by atoms with Crippen molar-refractivity contribution in [3.8, 4) is 0 Å². The van der Waals surface area contributed by atoms with E-state index in [4.69, 9.17) is 10.2 Å². The lowest BCUT2D eigenvalue weighted by atomic mass is 10.5. The van der Waals surface area contributed by atoms with E-state index in [0.29, 0.717) is 22.7 Å². The largest absolute Gasteiger partial charge is 0.424 e. The maximum atomic E-state index is 5.52. The highest BCUT2D eigenvalue weighted by Gasteiger charge is 2.06. The summed E-state index contributed by atoms with van der Waals surface area (Å²) in [6.45, 7) is 1.98. The van der Waals surface area contributed by atoms with E-state index in [0.717, 1.165) is 10.6 Å². The van der Waals surface area contributed by atoms with Crippen LogP contribution in [0.1, 0.15) is 18.7 Å². The highest BCUT2D eigenvalue weighted by atomic mass is 32.2. The average molecular weight is 242 g/mol. The summed E-state index contributed by atoms with van der Waals surface area (Å²) in [5, 5.41) is 8.39. The van der Waals surface area contributed by atoms with E-state index in [-0.39, 0.29) is 0 Å². The first kappa shape index (κ1) is 10.4. The van der Waals surface area contributed by atoms with Crippen molar-refractivity contribution in [2.24, 2.45) is 0 Å². The Kier molecular flexibility index (Phi) is 3.22. The number of nitrogens with zero attached hydrogens (tertiary/aromatic N) is 3. The third kappa shape index (κ3) is 2.69. The molecule has 2 aromatic heterocycles. The fraction of sp³-hybridized carbons (Fsp3) is 0.375. The van der Waals surface area contributed by atoms with Gasteiger partial charge in [-0.2, -0.15) is 0 Å². The summed E-state index contributed by atoms with van der Waals surface area (Å²) in [7, 11) is 0. The lowest BCUT2D eigenvalue weighted by Gasteiger charge is -1.90. The predicted octanol–water partition coefficient (Wildman–Crippen LogP) is 1.96. The third-order valence-electron chi connectivity index (χ3n) is 1.65. The van der Waals surface area contributed by atoms with Crippen LogP contribution in [0.5, 0.6) is 0 Å². The molecular formula is C8H10N4OS2. The zero-order chi connectivity index (χ0) is 10.7. The highest BCUT2D eigenvalue weighted by molar-refractivity contribution is 8.00. The number of thiazole rings is 1. The molecule has 0 spiro atoms. The molecule has 0 aliphatic carbocycles. The molecule has 0 saturated carbocycles. The smallest absolute Gasteiger partial charge is 0.226 e. The molecule has 15 heavy (non-hydrogen) atoms. The molecule has 0 unspecified atom stereocenters. The summed E-state index contributed by atoms with van der Waals surface area (Å²) in [6, 6.07) is 0. The van der Waals surface area contributed by atoms with Gasteiger partial charge in [-0.1, -0.05) is 18.3 Å². The van der Waals surface area contributed by atoms with Crippen LogP contribution in [0.25, 0.3) is 0 Å². The molecule has 0 radical (unpaired) electrons.